The van der Waals surface area contributed by atoms with Gasteiger partial charge in [-0.1, -0.05) is 55.1 Å². The summed E-state index contributed by atoms with van der Waals surface area (Å²) in [5, 5.41) is 0.876. The summed E-state index contributed by atoms with van der Waals surface area (Å²) in [5.74, 6) is -0.744. The van der Waals surface area contributed by atoms with Crippen LogP contribution in [0, 0.1) is 13.8 Å². The number of aryl methyl sites for hydroxylation is 3. The number of ether oxygens (including phenoxy) is 1. The fourth-order valence-corrected chi connectivity index (χ4v) is 7.88. The number of para-hydroxylation sites is 1. The number of nitrogens with one attached hydrogen (secondary N) is 3. The molecule has 1 aliphatic rings. The summed E-state index contributed by atoms with van der Waals surface area (Å²) < 4.78 is 60.8. The third-order valence-electron chi connectivity index (χ3n) is 7.15. The zero-order valence-electron chi connectivity index (χ0n) is 22.8. The minimum absolute atomic E-state index is 0.150. The van der Waals surface area contributed by atoms with Gasteiger partial charge in [0.15, 0.2) is 0 Å². The second kappa shape index (κ2) is 12.9. The van der Waals surface area contributed by atoms with Crippen LogP contribution in [0.2, 0.25) is 5.02 Å². The van der Waals surface area contributed by atoms with E-state index in [1.807, 2.05) is 50.2 Å². The lowest BCUT2D eigenvalue weighted by molar-refractivity contribution is 0.0976. The van der Waals surface area contributed by atoms with E-state index in [0.717, 1.165) is 35.8 Å². The van der Waals surface area contributed by atoms with E-state index in [9.17, 15) is 21.6 Å². The van der Waals surface area contributed by atoms with Gasteiger partial charge in [-0.2, -0.15) is 0 Å². The van der Waals surface area contributed by atoms with E-state index in [0.29, 0.717) is 54.1 Å². The maximum Gasteiger partial charge on any atom is 0.281 e. The summed E-state index contributed by atoms with van der Waals surface area (Å²) in [6.07, 6.45) is 4.86. The Bertz CT molecular complexity index is 1580. The van der Waals surface area contributed by atoms with Crippen molar-refractivity contribution in [3.8, 4) is 5.75 Å². The molecule has 3 aromatic rings. The molecule has 3 N–H and O–H groups in total. The topological polar surface area (TPSA) is 134 Å². The Kier molecular flexibility index (Phi) is 9.81. The second-order valence-electron chi connectivity index (χ2n) is 10.3. The molecule has 1 aromatic heterocycles. The summed E-state index contributed by atoms with van der Waals surface area (Å²) in [6.45, 7) is 3.92. The van der Waals surface area contributed by atoms with Gasteiger partial charge in [0.25, 0.3) is 5.91 Å². The summed E-state index contributed by atoms with van der Waals surface area (Å²) in [6, 6.07) is 11.2. The van der Waals surface area contributed by atoms with Crippen LogP contribution >= 0.6 is 11.6 Å². The largest absolute Gasteiger partial charge is 0.492 e. The van der Waals surface area contributed by atoms with E-state index in [4.69, 9.17) is 16.3 Å². The van der Waals surface area contributed by atoms with Crippen molar-refractivity contribution in [2.24, 2.45) is 0 Å². The van der Waals surface area contributed by atoms with Crippen molar-refractivity contribution in [1.82, 2.24) is 14.4 Å². The Morgan fingerprint density at radius 2 is 1.80 bits per heavy atom. The molecule has 40 heavy (non-hydrogen) atoms. The van der Waals surface area contributed by atoms with Crippen molar-refractivity contribution >= 4 is 48.5 Å². The Morgan fingerprint density at radius 3 is 2.55 bits per heavy atom. The van der Waals surface area contributed by atoms with E-state index in [2.05, 4.69) is 14.4 Å². The minimum atomic E-state index is -4.10. The maximum atomic E-state index is 13.1. The Morgan fingerprint density at radius 1 is 1.07 bits per heavy atom. The highest BCUT2D eigenvalue weighted by molar-refractivity contribution is 7.91. The molecule has 1 heterocycles. The number of benzene rings is 2. The van der Waals surface area contributed by atoms with Gasteiger partial charge in [0.05, 0.1) is 22.6 Å². The van der Waals surface area contributed by atoms with Crippen molar-refractivity contribution < 1.29 is 26.4 Å². The predicted molar refractivity (Wildman–Crippen MR) is 158 cm³/mol. The van der Waals surface area contributed by atoms with Crippen molar-refractivity contribution in [2.45, 2.75) is 64.0 Å². The normalized spacial score (nSPS) is 14.9. The van der Waals surface area contributed by atoms with Crippen LogP contribution in [0.4, 0.5) is 0 Å². The molecule has 0 radical (unpaired) electrons. The summed E-state index contributed by atoms with van der Waals surface area (Å²) in [4.78, 5) is 16.2. The molecular weight excluding hydrogens is 574 g/mol. The molecule has 1 aliphatic carbocycles. The third-order valence-corrected chi connectivity index (χ3v) is 10.8. The molecule has 4 rings (SSSR count). The van der Waals surface area contributed by atoms with Crippen molar-refractivity contribution in [2.75, 3.05) is 18.9 Å². The van der Waals surface area contributed by atoms with E-state index >= 15 is 0 Å². The predicted octanol–water partition coefficient (Wildman–Crippen LogP) is 4.76. The van der Waals surface area contributed by atoms with Gasteiger partial charge >= 0.3 is 0 Å². The summed E-state index contributed by atoms with van der Waals surface area (Å²) in [7, 11) is -7.70. The first-order valence-corrected chi connectivity index (χ1v) is 17.1. The number of hydrogen-bond acceptors (Lipinski definition) is 6. The number of aromatic nitrogens is 1. The average molecular weight is 610 g/mol. The molecule has 0 bridgehead atoms. The zero-order valence-corrected chi connectivity index (χ0v) is 25.1. The SMILES string of the molecule is Cc1cc(C)c(Cl)c(OCCCc2c(C(=O)NS(=O)(=O)CCNS(=O)(=O)C3CCCCC3)[nH]c3ccccc23)c1. The van der Waals surface area contributed by atoms with E-state index in [-0.39, 0.29) is 12.2 Å². The third kappa shape index (κ3) is 7.57. The van der Waals surface area contributed by atoms with E-state index in [1.165, 1.54) is 0 Å². The quantitative estimate of drug-likeness (QED) is 0.253. The Balaban J connectivity index is 1.39. The van der Waals surface area contributed by atoms with Gasteiger partial charge in [0.1, 0.15) is 11.4 Å². The lowest BCUT2D eigenvalue weighted by Gasteiger charge is -2.21. The molecule has 0 atom stereocenters. The zero-order chi connectivity index (χ0) is 28.9. The lowest BCUT2D eigenvalue weighted by Crippen LogP contribution is -2.41. The molecule has 1 fully saturated rings. The fraction of sp³-hybridized carbons (Fsp3) is 0.464. The standard InChI is InChI=1S/C28H36ClN3O6S2/c1-19-17-20(2)26(29)25(18-19)38-15-8-12-23-22-11-6-7-13-24(22)31-27(23)28(33)32-39(34,35)16-14-30-40(36,37)21-9-4-3-5-10-21/h6-7,11,13,17-18,21,30-31H,3-5,8-10,12,14-16H2,1-2H3,(H,32,33). The van der Waals surface area contributed by atoms with Crippen molar-refractivity contribution in [3.05, 3.63) is 63.8 Å². The number of H-pyrrole nitrogens is 1. The van der Waals surface area contributed by atoms with Gasteiger partial charge in [-0.05, 0) is 68.4 Å². The summed E-state index contributed by atoms with van der Waals surface area (Å²) in [5.41, 5.74) is 3.50. The highest BCUT2D eigenvalue weighted by Crippen LogP contribution is 2.30. The number of carbonyl (C=O) groups excluding carboxylic acids is 1. The number of carbonyl (C=O) groups is 1. The molecule has 218 valence electrons. The number of hydrogen-bond donors (Lipinski definition) is 3. The highest BCUT2D eigenvalue weighted by atomic mass is 35.5. The number of sulfonamides is 2. The van der Waals surface area contributed by atoms with Crippen molar-refractivity contribution in [1.29, 1.82) is 0 Å². The van der Waals surface area contributed by atoms with Crippen LogP contribution < -0.4 is 14.2 Å². The van der Waals surface area contributed by atoms with Crippen LogP contribution in [0.25, 0.3) is 10.9 Å². The van der Waals surface area contributed by atoms with Gasteiger partial charge in [-0.15, -0.1) is 0 Å². The second-order valence-corrected chi connectivity index (χ2v) is 14.6. The highest BCUT2D eigenvalue weighted by Gasteiger charge is 2.28. The molecule has 9 nitrogen and oxygen atoms in total. The van der Waals surface area contributed by atoms with Gasteiger partial charge < -0.3 is 9.72 Å². The summed E-state index contributed by atoms with van der Waals surface area (Å²) >= 11 is 6.37. The number of rotatable bonds is 12. The van der Waals surface area contributed by atoms with Gasteiger partial charge in [-0.25, -0.2) is 26.3 Å². The smallest absolute Gasteiger partial charge is 0.281 e. The van der Waals surface area contributed by atoms with Crippen LogP contribution in [0.3, 0.4) is 0 Å². The van der Waals surface area contributed by atoms with Crippen LogP contribution in [0.5, 0.6) is 5.75 Å². The Hall–Kier alpha value is -2.60. The van der Waals surface area contributed by atoms with Gasteiger partial charge in [0, 0.05) is 17.4 Å². The maximum absolute atomic E-state index is 13.1. The number of amides is 1. The van der Waals surface area contributed by atoms with Crippen molar-refractivity contribution in [3.63, 3.8) is 0 Å². The van der Waals surface area contributed by atoms with E-state index in [1.54, 1.807) is 0 Å². The molecule has 1 saturated carbocycles. The molecule has 1 amide bonds. The first-order valence-electron chi connectivity index (χ1n) is 13.5. The van der Waals surface area contributed by atoms with Crippen LogP contribution in [-0.2, 0) is 26.5 Å². The molecule has 0 unspecified atom stereocenters. The molecule has 2 aromatic carbocycles. The van der Waals surface area contributed by atoms with Crippen LogP contribution in [0.1, 0.15) is 65.7 Å². The molecular formula is C28H36ClN3O6S2. The van der Waals surface area contributed by atoms with Crippen LogP contribution in [0.15, 0.2) is 36.4 Å². The number of fused-ring (bicyclic) bond motifs is 1. The van der Waals surface area contributed by atoms with Gasteiger partial charge in [-0.3, -0.25) is 4.79 Å². The first kappa shape index (κ1) is 30.4. The Labute approximate surface area is 241 Å². The molecule has 0 aliphatic heterocycles. The first-order chi connectivity index (χ1) is 19.0. The van der Waals surface area contributed by atoms with E-state index < -0.39 is 37.0 Å². The molecule has 0 saturated heterocycles. The van der Waals surface area contributed by atoms with Gasteiger partial charge in [0.2, 0.25) is 20.0 Å². The minimum Gasteiger partial charge on any atom is -0.492 e. The lowest BCUT2D eigenvalue weighted by atomic mass is 10.0. The average Bonchev–Trinajstić information content (AvgIpc) is 3.28. The number of aromatic amines is 1. The fourth-order valence-electron chi connectivity index (χ4n) is 5.16. The molecule has 12 heteroatoms. The number of halogens is 1. The monoisotopic (exact) mass is 609 g/mol. The van der Waals surface area contributed by atoms with Crippen LogP contribution in [-0.4, -0.2) is 51.9 Å². The molecule has 0 spiro atoms.